The summed E-state index contributed by atoms with van der Waals surface area (Å²) in [5.74, 6) is -0.256. The number of rotatable bonds is 4. The predicted octanol–water partition coefficient (Wildman–Crippen LogP) is 2.23. The van der Waals surface area contributed by atoms with Gasteiger partial charge in [-0.15, -0.1) is 0 Å². The number of carbonyl (C=O) groups excluding carboxylic acids is 1. The SMILES string of the molecule is CCOC(=O)C[C@@H]([NH3+])c1ccc(Cl)c(Cl)c1. The minimum absolute atomic E-state index is 0.172. The fourth-order valence-electron chi connectivity index (χ4n) is 1.31. The molecule has 0 bridgehead atoms. The van der Waals surface area contributed by atoms with E-state index in [-0.39, 0.29) is 18.4 Å². The summed E-state index contributed by atoms with van der Waals surface area (Å²) >= 11 is 11.7. The molecule has 0 aliphatic rings. The molecule has 0 heterocycles. The van der Waals surface area contributed by atoms with Crippen molar-refractivity contribution in [2.24, 2.45) is 0 Å². The van der Waals surface area contributed by atoms with Crippen LogP contribution < -0.4 is 5.73 Å². The van der Waals surface area contributed by atoms with Gasteiger partial charge in [0.15, 0.2) is 0 Å². The molecule has 0 spiro atoms. The molecule has 1 rings (SSSR count). The fourth-order valence-corrected chi connectivity index (χ4v) is 1.61. The summed E-state index contributed by atoms with van der Waals surface area (Å²) in [6.07, 6.45) is 0.242. The van der Waals surface area contributed by atoms with Crippen molar-refractivity contribution in [2.45, 2.75) is 19.4 Å². The first kappa shape index (κ1) is 13.3. The highest BCUT2D eigenvalue weighted by molar-refractivity contribution is 6.42. The van der Waals surface area contributed by atoms with Crippen LogP contribution in [0.3, 0.4) is 0 Å². The first-order valence-corrected chi connectivity index (χ1v) is 5.73. The Kier molecular flexibility index (Phi) is 5.06. The number of carbonyl (C=O) groups is 1. The molecular formula is C11H14Cl2NO2+. The van der Waals surface area contributed by atoms with Gasteiger partial charge in [0.1, 0.15) is 12.5 Å². The summed E-state index contributed by atoms with van der Waals surface area (Å²) < 4.78 is 4.85. The molecular weight excluding hydrogens is 249 g/mol. The molecule has 0 unspecified atom stereocenters. The molecule has 88 valence electrons. The third kappa shape index (κ3) is 3.67. The van der Waals surface area contributed by atoms with Crippen LogP contribution >= 0.6 is 23.2 Å². The van der Waals surface area contributed by atoms with E-state index < -0.39 is 0 Å². The molecule has 0 aromatic heterocycles. The maximum Gasteiger partial charge on any atom is 0.312 e. The van der Waals surface area contributed by atoms with E-state index in [9.17, 15) is 4.79 Å². The Morgan fingerprint density at radius 3 is 2.69 bits per heavy atom. The zero-order valence-electron chi connectivity index (χ0n) is 9.00. The van der Waals surface area contributed by atoms with Crippen LogP contribution in [-0.2, 0) is 9.53 Å². The number of esters is 1. The van der Waals surface area contributed by atoms with Crippen molar-refractivity contribution >= 4 is 29.2 Å². The van der Waals surface area contributed by atoms with E-state index in [1.165, 1.54) is 0 Å². The van der Waals surface area contributed by atoms with Gasteiger partial charge in [-0.25, -0.2) is 0 Å². The normalized spacial score (nSPS) is 12.2. The van der Waals surface area contributed by atoms with Crippen LogP contribution in [0.4, 0.5) is 0 Å². The van der Waals surface area contributed by atoms with E-state index in [2.05, 4.69) is 5.73 Å². The van der Waals surface area contributed by atoms with Gasteiger partial charge in [-0.2, -0.15) is 0 Å². The second-order valence-electron chi connectivity index (χ2n) is 3.38. The molecule has 5 heteroatoms. The van der Waals surface area contributed by atoms with Crippen molar-refractivity contribution in [3.63, 3.8) is 0 Å². The summed E-state index contributed by atoms with van der Waals surface area (Å²) in [4.78, 5) is 11.3. The highest BCUT2D eigenvalue weighted by atomic mass is 35.5. The molecule has 1 atom stereocenters. The Hall–Kier alpha value is -0.770. The van der Waals surface area contributed by atoms with Crippen molar-refractivity contribution in [1.29, 1.82) is 0 Å². The molecule has 0 radical (unpaired) electrons. The molecule has 0 amide bonds. The molecule has 0 aliphatic carbocycles. The lowest BCUT2D eigenvalue weighted by molar-refractivity contribution is -0.425. The maximum absolute atomic E-state index is 11.3. The van der Waals surface area contributed by atoms with E-state index in [1.54, 1.807) is 19.1 Å². The van der Waals surface area contributed by atoms with E-state index >= 15 is 0 Å². The van der Waals surface area contributed by atoms with Crippen molar-refractivity contribution in [3.8, 4) is 0 Å². The molecule has 1 aromatic carbocycles. The van der Waals surface area contributed by atoms with Gasteiger partial charge in [0, 0.05) is 5.56 Å². The van der Waals surface area contributed by atoms with Crippen LogP contribution in [-0.4, -0.2) is 12.6 Å². The van der Waals surface area contributed by atoms with Crippen molar-refractivity contribution < 1.29 is 15.3 Å². The lowest BCUT2D eigenvalue weighted by atomic mass is 10.1. The Labute approximate surface area is 104 Å². The zero-order chi connectivity index (χ0) is 12.1. The molecule has 0 saturated heterocycles. The molecule has 0 aliphatic heterocycles. The number of benzene rings is 1. The van der Waals surface area contributed by atoms with Gasteiger partial charge < -0.3 is 10.5 Å². The van der Waals surface area contributed by atoms with Gasteiger partial charge >= 0.3 is 5.97 Å². The Morgan fingerprint density at radius 2 is 2.12 bits per heavy atom. The summed E-state index contributed by atoms with van der Waals surface area (Å²) in [7, 11) is 0. The topological polar surface area (TPSA) is 53.9 Å². The van der Waals surface area contributed by atoms with Crippen LogP contribution in [0.25, 0.3) is 0 Å². The van der Waals surface area contributed by atoms with Crippen LogP contribution in [0.5, 0.6) is 0 Å². The number of halogens is 2. The largest absolute Gasteiger partial charge is 0.466 e. The van der Waals surface area contributed by atoms with E-state index in [1.807, 2.05) is 6.07 Å². The molecule has 16 heavy (non-hydrogen) atoms. The Bertz CT molecular complexity index is 382. The third-order valence-corrected chi connectivity index (χ3v) is 2.87. The molecule has 3 nitrogen and oxygen atoms in total. The summed E-state index contributed by atoms with van der Waals surface area (Å²) in [6, 6.07) is 5.06. The van der Waals surface area contributed by atoms with Crippen LogP contribution in [0, 0.1) is 0 Å². The van der Waals surface area contributed by atoms with Crippen LogP contribution in [0.2, 0.25) is 10.0 Å². The zero-order valence-corrected chi connectivity index (χ0v) is 10.5. The number of ether oxygens (including phenoxy) is 1. The second kappa shape index (κ2) is 6.09. The predicted molar refractivity (Wildman–Crippen MR) is 63.3 cm³/mol. The van der Waals surface area contributed by atoms with E-state index in [4.69, 9.17) is 27.9 Å². The number of hydrogen-bond donors (Lipinski definition) is 1. The smallest absolute Gasteiger partial charge is 0.312 e. The first-order valence-electron chi connectivity index (χ1n) is 4.98. The van der Waals surface area contributed by atoms with Gasteiger partial charge in [0.25, 0.3) is 0 Å². The van der Waals surface area contributed by atoms with Crippen molar-refractivity contribution in [1.82, 2.24) is 0 Å². The van der Waals surface area contributed by atoms with Crippen LogP contribution in [0.1, 0.15) is 24.9 Å². The van der Waals surface area contributed by atoms with Gasteiger partial charge in [-0.05, 0) is 19.1 Å². The van der Waals surface area contributed by atoms with Crippen LogP contribution in [0.15, 0.2) is 18.2 Å². The highest BCUT2D eigenvalue weighted by Crippen LogP contribution is 2.25. The highest BCUT2D eigenvalue weighted by Gasteiger charge is 2.16. The maximum atomic E-state index is 11.3. The Morgan fingerprint density at radius 1 is 1.44 bits per heavy atom. The quantitative estimate of drug-likeness (QED) is 0.847. The molecule has 1 aromatic rings. The summed E-state index contributed by atoms with van der Waals surface area (Å²) in [6.45, 7) is 2.15. The van der Waals surface area contributed by atoms with Gasteiger partial charge in [-0.1, -0.05) is 29.3 Å². The van der Waals surface area contributed by atoms with E-state index in [0.29, 0.717) is 16.7 Å². The molecule has 3 N–H and O–H groups in total. The monoisotopic (exact) mass is 262 g/mol. The van der Waals surface area contributed by atoms with Gasteiger partial charge in [0.05, 0.1) is 16.7 Å². The summed E-state index contributed by atoms with van der Waals surface area (Å²) in [5, 5.41) is 0.963. The van der Waals surface area contributed by atoms with Crippen molar-refractivity contribution in [3.05, 3.63) is 33.8 Å². The fraction of sp³-hybridized carbons (Fsp3) is 0.364. The van der Waals surface area contributed by atoms with Gasteiger partial charge in [0.2, 0.25) is 0 Å². The third-order valence-electron chi connectivity index (χ3n) is 2.13. The molecule has 0 fully saturated rings. The standard InChI is InChI=1S/C11H13Cl2NO2/c1-2-16-11(15)6-10(14)7-3-4-8(12)9(13)5-7/h3-5,10H,2,6,14H2,1H3/p+1/t10-/m1/s1. The first-order chi connectivity index (χ1) is 7.54. The average Bonchev–Trinajstić information content (AvgIpc) is 2.22. The minimum atomic E-state index is -0.256. The lowest BCUT2D eigenvalue weighted by Gasteiger charge is -2.09. The average molecular weight is 263 g/mol. The second-order valence-corrected chi connectivity index (χ2v) is 4.19. The van der Waals surface area contributed by atoms with Crippen molar-refractivity contribution in [2.75, 3.05) is 6.61 Å². The minimum Gasteiger partial charge on any atom is -0.466 e. The summed E-state index contributed by atoms with van der Waals surface area (Å²) in [5.41, 5.74) is 4.78. The lowest BCUT2D eigenvalue weighted by Crippen LogP contribution is -2.54. The number of quaternary nitrogens is 1. The Balaban J connectivity index is 2.69. The molecule has 0 saturated carbocycles. The number of hydrogen-bond acceptors (Lipinski definition) is 2. The van der Waals surface area contributed by atoms with Gasteiger partial charge in [-0.3, -0.25) is 4.79 Å². The van der Waals surface area contributed by atoms with E-state index in [0.717, 1.165) is 5.56 Å².